The average Bonchev–Trinajstić information content (AvgIpc) is 2.85. The Morgan fingerprint density at radius 2 is 1.94 bits per heavy atom. The summed E-state index contributed by atoms with van der Waals surface area (Å²) in [5.74, 6) is -0.169. The van der Waals surface area contributed by atoms with Crippen LogP contribution in [0.5, 0.6) is 5.75 Å². The molecule has 34 heavy (non-hydrogen) atoms. The zero-order valence-corrected chi connectivity index (χ0v) is 18.5. The minimum Gasteiger partial charge on any atom is -0.490 e. The second-order valence-corrected chi connectivity index (χ2v) is 7.46. The maximum atomic E-state index is 14.4. The maximum absolute atomic E-state index is 14.4. The summed E-state index contributed by atoms with van der Waals surface area (Å²) in [6.07, 6.45) is 2.27. The molecule has 9 nitrogen and oxygen atoms in total. The monoisotopic (exact) mass is 462 g/mol. The molecule has 3 N–H and O–H groups in total. The molecule has 0 spiro atoms. The molecule has 3 aromatic rings. The van der Waals surface area contributed by atoms with E-state index in [1.54, 1.807) is 47.4 Å². The summed E-state index contributed by atoms with van der Waals surface area (Å²) in [5, 5.41) is 8.66. The van der Waals surface area contributed by atoms with Crippen LogP contribution >= 0.6 is 0 Å². The second kappa shape index (κ2) is 9.99. The first-order valence-electron chi connectivity index (χ1n) is 10.5. The molecule has 174 valence electrons. The van der Waals surface area contributed by atoms with Crippen LogP contribution in [0.25, 0.3) is 0 Å². The largest absolute Gasteiger partial charge is 0.490 e. The van der Waals surface area contributed by atoms with Crippen LogP contribution in [-0.4, -0.2) is 34.9 Å². The molecule has 10 heteroatoms. The van der Waals surface area contributed by atoms with Crippen molar-refractivity contribution in [2.24, 2.45) is 0 Å². The van der Waals surface area contributed by atoms with Crippen molar-refractivity contribution in [3.63, 3.8) is 0 Å². The number of nitrogens with one attached hydrogen (secondary N) is 3. The molecule has 1 aromatic heterocycles. The van der Waals surface area contributed by atoms with E-state index < -0.39 is 5.82 Å². The third-order valence-corrected chi connectivity index (χ3v) is 5.07. The Morgan fingerprint density at radius 3 is 2.68 bits per heavy atom. The molecule has 0 aliphatic carbocycles. The number of amides is 2. The average molecular weight is 462 g/mol. The molecule has 2 amide bonds. The first kappa shape index (κ1) is 22.7. The first-order valence-corrected chi connectivity index (χ1v) is 10.5. The lowest BCUT2D eigenvalue weighted by molar-refractivity contribution is -0.117. The zero-order chi connectivity index (χ0) is 24.1. The van der Waals surface area contributed by atoms with E-state index in [0.717, 1.165) is 11.8 Å². The smallest absolute Gasteiger partial charge is 0.243 e. The first-order chi connectivity index (χ1) is 16.4. The van der Waals surface area contributed by atoms with Gasteiger partial charge in [-0.1, -0.05) is 18.7 Å². The summed E-state index contributed by atoms with van der Waals surface area (Å²) in [6.45, 7) is 6.16. The van der Waals surface area contributed by atoms with E-state index in [9.17, 15) is 14.0 Å². The number of aromatic nitrogens is 2. The number of carbonyl (C=O) groups excluding carboxylic acids is 2. The summed E-state index contributed by atoms with van der Waals surface area (Å²) >= 11 is 0. The van der Waals surface area contributed by atoms with Crippen LogP contribution in [0.4, 0.5) is 33.2 Å². The molecule has 2 aromatic carbocycles. The van der Waals surface area contributed by atoms with E-state index in [4.69, 9.17) is 4.74 Å². The fourth-order valence-corrected chi connectivity index (χ4v) is 3.37. The zero-order valence-electron chi connectivity index (χ0n) is 18.5. The number of anilines is 5. The molecule has 0 unspecified atom stereocenters. The lowest BCUT2D eigenvalue weighted by Gasteiger charge is -2.29. The van der Waals surface area contributed by atoms with Gasteiger partial charge >= 0.3 is 0 Å². The summed E-state index contributed by atoms with van der Waals surface area (Å²) in [7, 11) is 0. The molecule has 2 heterocycles. The van der Waals surface area contributed by atoms with Crippen molar-refractivity contribution in [2.45, 2.75) is 13.5 Å². The van der Waals surface area contributed by atoms with Crippen molar-refractivity contribution in [2.75, 3.05) is 28.7 Å². The fourth-order valence-electron chi connectivity index (χ4n) is 3.37. The number of hydrogen-bond donors (Lipinski definition) is 3. The molecule has 0 atom stereocenters. The predicted octanol–water partition coefficient (Wildman–Crippen LogP) is 3.65. The number of halogens is 1. The van der Waals surface area contributed by atoms with Gasteiger partial charge in [-0.15, -0.1) is 0 Å². The SMILES string of the molecule is C=CC(=O)NCc1ccc(Nc2nc(Nc3ccc4c(c3)N(C(C)=O)CCO4)ncc2F)cc1. The maximum Gasteiger partial charge on any atom is 0.243 e. The lowest BCUT2D eigenvalue weighted by atomic mass is 10.2. The predicted molar refractivity (Wildman–Crippen MR) is 127 cm³/mol. The van der Waals surface area contributed by atoms with Crippen LogP contribution in [0.2, 0.25) is 0 Å². The van der Waals surface area contributed by atoms with Gasteiger partial charge in [0, 0.05) is 24.8 Å². The van der Waals surface area contributed by atoms with Gasteiger partial charge in [0.1, 0.15) is 12.4 Å². The molecule has 1 aliphatic heterocycles. The summed E-state index contributed by atoms with van der Waals surface area (Å²) in [6, 6.07) is 12.4. The topological polar surface area (TPSA) is 108 Å². The minimum absolute atomic E-state index is 0.00290. The Hall–Kier alpha value is -4.47. The van der Waals surface area contributed by atoms with Crippen molar-refractivity contribution in [3.05, 3.63) is 72.7 Å². The van der Waals surface area contributed by atoms with Crippen molar-refractivity contribution in [3.8, 4) is 5.75 Å². The lowest BCUT2D eigenvalue weighted by Crippen LogP contribution is -2.36. The van der Waals surface area contributed by atoms with Crippen molar-refractivity contribution < 1.29 is 18.7 Å². The van der Waals surface area contributed by atoms with Gasteiger partial charge < -0.3 is 25.6 Å². The molecule has 0 saturated heterocycles. The standard InChI is InChI=1S/C24H23FN6O3/c1-3-22(33)26-13-16-4-6-17(7-5-16)28-23-19(25)14-27-24(30-23)29-18-8-9-21-20(12-18)31(15(2)32)10-11-34-21/h3-9,12,14H,1,10-11,13H2,2H3,(H,26,33)(H2,27,28,29,30). The van der Waals surface area contributed by atoms with E-state index >= 15 is 0 Å². The van der Waals surface area contributed by atoms with Gasteiger partial charge in [-0.05, 0) is 42.0 Å². The Kier molecular flexibility index (Phi) is 6.67. The highest BCUT2D eigenvalue weighted by molar-refractivity contribution is 5.94. The summed E-state index contributed by atoms with van der Waals surface area (Å²) in [4.78, 5) is 33.1. The van der Waals surface area contributed by atoms with Crippen LogP contribution in [0.1, 0.15) is 12.5 Å². The van der Waals surface area contributed by atoms with Crippen molar-refractivity contribution in [1.82, 2.24) is 15.3 Å². The number of rotatable bonds is 7. The number of fused-ring (bicyclic) bond motifs is 1. The highest BCUT2D eigenvalue weighted by Gasteiger charge is 2.21. The molecule has 1 aliphatic rings. The van der Waals surface area contributed by atoms with Crippen LogP contribution in [0.15, 0.2) is 61.3 Å². The molecule has 0 bridgehead atoms. The van der Waals surface area contributed by atoms with Crippen molar-refractivity contribution in [1.29, 1.82) is 0 Å². The fraction of sp³-hybridized carbons (Fsp3) is 0.167. The Bertz CT molecular complexity index is 1230. The second-order valence-electron chi connectivity index (χ2n) is 7.46. The van der Waals surface area contributed by atoms with Crippen molar-refractivity contribution >= 4 is 40.6 Å². The number of benzene rings is 2. The quantitative estimate of drug-likeness (QED) is 0.460. The van der Waals surface area contributed by atoms with Crippen LogP contribution < -0.4 is 25.6 Å². The van der Waals surface area contributed by atoms with Gasteiger partial charge in [-0.3, -0.25) is 9.59 Å². The van der Waals surface area contributed by atoms with Crippen LogP contribution in [0, 0.1) is 5.82 Å². The number of nitrogens with zero attached hydrogens (tertiary/aromatic N) is 3. The number of carbonyl (C=O) groups is 2. The molecule has 0 fully saturated rings. The molecule has 0 saturated carbocycles. The third kappa shape index (κ3) is 5.29. The third-order valence-electron chi connectivity index (χ3n) is 5.07. The highest BCUT2D eigenvalue weighted by Crippen LogP contribution is 2.35. The molecular weight excluding hydrogens is 439 g/mol. The van der Waals surface area contributed by atoms with E-state index in [2.05, 4.69) is 32.5 Å². The van der Waals surface area contributed by atoms with E-state index in [1.807, 2.05) is 0 Å². The Labute approximate surface area is 195 Å². The Morgan fingerprint density at radius 1 is 1.18 bits per heavy atom. The molecule has 0 radical (unpaired) electrons. The number of hydrogen-bond acceptors (Lipinski definition) is 7. The van der Waals surface area contributed by atoms with Gasteiger partial charge in [-0.25, -0.2) is 9.37 Å². The van der Waals surface area contributed by atoms with Crippen LogP contribution in [0.3, 0.4) is 0 Å². The van der Waals surface area contributed by atoms with Gasteiger partial charge in [0.2, 0.25) is 17.8 Å². The van der Waals surface area contributed by atoms with Gasteiger partial charge in [0.05, 0.1) is 18.4 Å². The Balaban J connectivity index is 1.48. The highest BCUT2D eigenvalue weighted by atomic mass is 19.1. The minimum atomic E-state index is -0.616. The van der Waals surface area contributed by atoms with Gasteiger partial charge in [0.25, 0.3) is 0 Å². The van der Waals surface area contributed by atoms with E-state index in [0.29, 0.717) is 42.5 Å². The summed E-state index contributed by atoms with van der Waals surface area (Å²) < 4.78 is 20.0. The van der Waals surface area contributed by atoms with Gasteiger partial charge in [-0.2, -0.15) is 4.98 Å². The molecular formula is C24H23FN6O3. The van der Waals surface area contributed by atoms with Crippen LogP contribution in [-0.2, 0) is 16.1 Å². The normalized spacial score (nSPS) is 12.2. The molecule has 4 rings (SSSR count). The van der Waals surface area contributed by atoms with Gasteiger partial charge in [0.15, 0.2) is 11.6 Å². The summed E-state index contributed by atoms with van der Waals surface area (Å²) in [5.41, 5.74) is 2.76. The van der Waals surface area contributed by atoms with E-state index in [1.165, 1.54) is 13.0 Å². The van der Waals surface area contributed by atoms with E-state index in [-0.39, 0.29) is 23.6 Å². The number of ether oxygens (including phenoxy) is 1.